The van der Waals surface area contributed by atoms with Gasteiger partial charge in [-0.25, -0.2) is 4.39 Å². The Morgan fingerprint density at radius 1 is 1.35 bits per heavy atom. The fourth-order valence-electron chi connectivity index (χ4n) is 2.70. The molecule has 3 unspecified atom stereocenters. The van der Waals surface area contributed by atoms with Crippen LogP contribution in [0.3, 0.4) is 0 Å². The fraction of sp³-hybridized carbons (Fsp3) is 0.571. The van der Waals surface area contributed by atoms with E-state index in [9.17, 15) is 4.39 Å². The molecule has 0 bridgehead atoms. The van der Waals surface area contributed by atoms with Crippen LogP contribution >= 0.6 is 0 Å². The molecule has 1 aromatic rings. The zero-order valence-corrected chi connectivity index (χ0v) is 10.4. The first-order valence-corrected chi connectivity index (χ1v) is 6.21. The van der Waals surface area contributed by atoms with Gasteiger partial charge in [-0.15, -0.1) is 0 Å². The van der Waals surface area contributed by atoms with Crippen LogP contribution < -0.4 is 10.5 Å². The van der Waals surface area contributed by atoms with Gasteiger partial charge in [0.15, 0.2) is 11.6 Å². The maximum Gasteiger partial charge on any atom is 0.165 e. The van der Waals surface area contributed by atoms with Gasteiger partial charge in [0.05, 0.1) is 7.11 Å². The number of methoxy groups -OCH3 is 1. The van der Waals surface area contributed by atoms with Gasteiger partial charge in [-0.3, -0.25) is 0 Å². The highest BCUT2D eigenvalue weighted by Gasteiger charge is 2.27. The van der Waals surface area contributed by atoms with Crippen LogP contribution in [0.5, 0.6) is 5.75 Å². The monoisotopic (exact) mass is 237 g/mol. The Kier molecular flexibility index (Phi) is 3.67. The summed E-state index contributed by atoms with van der Waals surface area (Å²) in [4.78, 5) is 0. The van der Waals surface area contributed by atoms with E-state index < -0.39 is 0 Å². The predicted molar refractivity (Wildman–Crippen MR) is 66.7 cm³/mol. The van der Waals surface area contributed by atoms with E-state index in [4.69, 9.17) is 10.5 Å². The van der Waals surface area contributed by atoms with Crippen molar-refractivity contribution in [2.45, 2.75) is 38.1 Å². The number of hydrogen-bond donors (Lipinski definition) is 1. The van der Waals surface area contributed by atoms with Crippen molar-refractivity contribution in [3.63, 3.8) is 0 Å². The third kappa shape index (κ3) is 2.60. The number of nitrogens with two attached hydrogens (primary N) is 1. The van der Waals surface area contributed by atoms with Crippen molar-refractivity contribution in [3.8, 4) is 5.75 Å². The predicted octanol–water partition coefficient (Wildman–Crippen LogP) is 3.07. The Morgan fingerprint density at radius 3 is 2.76 bits per heavy atom. The second-order valence-corrected chi connectivity index (χ2v) is 5.08. The first-order valence-electron chi connectivity index (χ1n) is 6.21. The zero-order chi connectivity index (χ0) is 12.4. The van der Waals surface area contributed by atoms with Crippen molar-refractivity contribution < 1.29 is 9.13 Å². The highest BCUT2D eigenvalue weighted by Crippen LogP contribution is 2.36. The van der Waals surface area contributed by atoms with Crippen LogP contribution in [0.4, 0.5) is 4.39 Å². The molecule has 1 saturated carbocycles. The first kappa shape index (κ1) is 12.4. The molecule has 0 amide bonds. The van der Waals surface area contributed by atoms with E-state index in [1.165, 1.54) is 13.5 Å². The molecule has 0 spiro atoms. The van der Waals surface area contributed by atoms with Crippen LogP contribution in [-0.4, -0.2) is 13.2 Å². The molecule has 2 N–H and O–H groups in total. The number of hydrogen-bond acceptors (Lipinski definition) is 2. The minimum atomic E-state index is -0.296. The number of halogens is 1. The maximum atomic E-state index is 13.7. The highest BCUT2D eigenvalue weighted by molar-refractivity contribution is 5.32. The summed E-state index contributed by atoms with van der Waals surface area (Å²) in [6, 6.07) is 5.35. The molecule has 3 heteroatoms. The van der Waals surface area contributed by atoms with Gasteiger partial charge >= 0.3 is 0 Å². The lowest BCUT2D eigenvalue weighted by atomic mass is 9.76. The summed E-state index contributed by atoms with van der Waals surface area (Å²) in [6.45, 7) is 2.23. The lowest BCUT2D eigenvalue weighted by Crippen LogP contribution is -2.34. The largest absolute Gasteiger partial charge is 0.494 e. The van der Waals surface area contributed by atoms with Crippen molar-refractivity contribution >= 4 is 0 Å². The van der Waals surface area contributed by atoms with Crippen molar-refractivity contribution in [2.24, 2.45) is 11.7 Å². The smallest absolute Gasteiger partial charge is 0.165 e. The number of benzene rings is 1. The molecule has 1 fully saturated rings. The van der Waals surface area contributed by atoms with Gasteiger partial charge in [-0.2, -0.15) is 0 Å². The molecule has 0 aliphatic heterocycles. The van der Waals surface area contributed by atoms with Crippen LogP contribution in [0, 0.1) is 11.7 Å². The lowest BCUT2D eigenvalue weighted by Gasteiger charge is -2.33. The molecular weight excluding hydrogens is 217 g/mol. The van der Waals surface area contributed by atoms with Crippen LogP contribution in [0.2, 0.25) is 0 Å². The van der Waals surface area contributed by atoms with E-state index in [1.54, 1.807) is 12.1 Å². The summed E-state index contributed by atoms with van der Waals surface area (Å²) in [5, 5.41) is 0. The molecule has 2 nitrogen and oxygen atoms in total. The van der Waals surface area contributed by atoms with Gasteiger partial charge in [0.25, 0.3) is 0 Å². The third-order valence-corrected chi connectivity index (χ3v) is 3.77. The van der Waals surface area contributed by atoms with Crippen molar-refractivity contribution in [1.82, 2.24) is 0 Å². The molecule has 0 radical (unpaired) electrons. The van der Waals surface area contributed by atoms with Gasteiger partial charge in [0.1, 0.15) is 0 Å². The Morgan fingerprint density at radius 2 is 2.12 bits per heavy atom. The fourth-order valence-corrected chi connectivity index (χ4v) is 2.70. The van der Waals surface area contributed by atoms with Crippen LogP contribution in [0.15, 0.2) is 18.2 Å². The summed E-state index contributed by atoms with van der Waals surface area (Å²) in [6.07, 6.45) is 3.25. The molecule has 94 valence electrons. The van der Waals surface area contributed by atoms with Crippen molar-refractivity contribution in [1.29, 1.82) is 0 Å². The SMILES string of the molecule is COc1ccc(C2CC(C)CCC2N)cc1F. The summed E-state index contributed by atoms with van der Waals surface area (Å²) < 4.78 is 18.6. The van der Waals surface area contributed by atoms with E-state index in [2.05, 4.69) is 6.92 Å². The summed E-state index contributed by atoms with van der Waals surface area (Å²) >= 11 is 0. The molecule has 1 aliphatic carbocycles. The lowest BCUT2D eigenvalue weighted by molar-refractivity contribution is 0.305. The topological polar surface area (TPSA) is 35.2 Å². The van der Waals surface area contributed by atoms with E-state index in [0.29, 0.717) is 11.7 Å². The Hall–Kier alpha value is -1.09. The van der Waals surface area contributed by atoms with E-state index in [-0.39, 0.29) is 17.8 Å². The molecule has 1 aromatic carbocycles. The van der Waals surface area contributed by atoms with E-state index in [1.807, 2.05) is 6.07 Å². The average molecular weight is 237 g/mol. The summed E-state index contributed by atoms with van der Waals surface area (Å²) in [5.41, 5.74) is 7.14. The van der Waals surface area contributed by atoms with Gasteiger partial charge < -0.3 is 10.5 Å². The summed E-state index contributed by atoms with van der Waals surface area (Å²) in [7, 11) is 1.48. The average Bonchev–Trinajstić information content (AvgIpc) is 2.32. The minimum absolute atomic E-state index is 0.152. The van der Waals surface area contributed by atoms with Gasteiger partial charge in [0.2, 0.25) is 0 Å². The van der Waals surface area contributed by atoms with Gasteiger partial charge in [0, 0.05) is 6.04 Å². The second kappa shape index (κ2) is 5.05. The third-order valence-electron chi connectivity index (χ3n) is 3.77. The van der Waals surface area contributed by atoms with E-state index in [0.717, 1.165) is 18.4 Å². The first-order chi connectivity index (χ1) is 8.11. The molecule has 1 aliphatic rings. The molecule has 0 heterocycles. The molecule has 3 atom stereocenters. The molecule has 0 aromatic heterocycles. The van der Waals surface area contributed by atoms with Gasteiger partial charge in [-0.1, -0.05) is 13.0 Å². The van der Waals surface area contributed by atoms with Gasteiger partial charge in [-0.05, 0) is 48.8 Å². The minimum Gasteiger partial charge on any atom is -0.494 e. The number of rotatable bonds is 2. The van der Waals surface area contributed by atoms with Crippen LogP contribution in [-0.2, 0) is 0 Å². The standard InChI is InChI=1S/C14H20FNO/c1-9-3-5-13(16)11(7-9)10-4-6-14(17-2)12(15)8-10/h4,6,8-9,11,13H,3,5,7,16H2,1-2H3. The molecule has 2 rings (SSSR count). The number of ether oxygens (including phenoxy) is 1. The Labute approximate surface area is 102 Å². The van der Waals surface area contributed by atoms with Crippen LogP contribution in [0.1, 0.15) is 37.7 Å². The quantitative estimate of drug-likeness (QED) is 0.858. The Balaban J connectivity index is 2.23. The highest BCUT2D eigenvalue weighted by atomic mass is 19.1. The molecule has 0 saturated heterocycles. The summed E-state index contributed by atoms with van der Waals surface area (Å²) in [5.74, 6) is 0.950. The van der Waals surface area contributed by atoms with Crippen molar-refractivity contribution in [3.05, 3.63) is 29.6 Å². The Bertz CT molecular complexity index is 394. The van der Waals surface area contributed by atoms with Crippen LogP contribution in [0.25, 0.3) is 0 Å². The normalized spacial score (nSPS) is 29.1. The molecule has 17 heavy (non-hydrogen) atoms. The molecular formula is C14H20FNO. The zero-order valence-electron chi connectivity index (χ0n) is 10.4. The second-order valence-electron chi connectivity index (χ2n) is 5.08. The maximum absolute atomic E-state index is 13.7. The van der Waals surface area contributed by atoms with Crippen molar-refractivity contribution in [2.75, 3.05) is 7.11 Å². The van der Waals surface area contributed by atoms with E-state index >= 15 is 0 Å².